The van der Waals surface area contributed by atoms with Crippen molar-refractivity contribution in [1.82, 2.24) is 9.21 Å². The molecule has 2 saturated heterocycles. The Morgan fingerprint density at radius 3 is 2.63 bits per heavy atom. The van der Waals surface area contributed by atoms with Crippen molar-refractivity contribution in [3.05, 3.63) is 29.6 Å². The second kappa shape index (κ2) is 9.29. The molecule has 1 aromatic rings. The molecular weight excluding hydrogens is 399 g/mol. The zero-order chi connectivity index (χ0) is 18.7. The summed E-state index contributed by atoms with van der Waals surface area (Å²) in [4.78, 5) is 14.0. The van der Waals surface area contributed by atoms with E-state index in [1.54, 1.807) is 0 Å². The lowest BCUT2D eigenvalue weighted by molar-refractivity contribution is 0.0108. The number of likely N-dealkylation sites (tertiary alicyclic amines) is 1. The summed E-state index contributed by atoms with van der Waals surface area (Å²) in [6, 6.07) is 3.31. The number of sulfonamides is 1. The molecular formula is C17H24ClFN2O5S. The van der Waals surface area contributed by atoms with Gasteiger partial charge in [-0.25, -0.2) is 17.6 Å². The summed E-state index contributed by atoms with van der Waals surface area (Å²) in [7, 11) is -2.08. The number of rotatable bonds is 4. The summed E-state index contributed by atoms with van der Waals surface area (Å²) in [6.45, 7) is 2.42. The molecule has 0 bridgehead atoms. The van der Waals surface area contributed by atoms with Gasteiger partial charge in [0.25, 0.3) is 0 Å². The first-order valence-corrected chi connectivity index (χ1v) is 10.1. The van der Waals surface area contributed by atoms with E-state index in [1.807, 2.05) is 7.05 Å². The number of nitrogens with zero attached hydrogens (tertiary/aromatic N) is 2. The quantitative estimate of drug-likeness (QED) is 0.685. The average molecular weight is 423 g/mol. The normalized spacial score (nSPS) is 22.1. The lowest BCUT2D eigenvalue weighted by Crippen LogP contribution is -2.41. The van der Waals surface area contributed by atoms with E-state index < -0.39 is 26.7 Å². The van der Waals surface area contributed by atoms with Crippen LogP contribution in [0.2, 0.25) is 0 Å². The van der Waals surface area contributed by atoms with Gasteiger partial charge in [-0.05, 0) is 44.6 Å². The highest BCUT2D eigenvalue weighted by atomic mass is 35.5. The highest BCUT2D eigenvalue weighted by Crippen LogP contribution is 2.23. The van der Waals surface area contributed by atoms with Crippen LogP contribution in [-0.4, -0.2) is 76.1 Å². The number of benzene rings is 1. The Morgan fingerprint density at radius 2 is 1.96 bits per heavy atom. The third kappa shape index (κ3) is 5.17. The summed E-state index contributed by atoms with van der Waals surface area (Å²) < 4.78 is 51.3. The molecule has 1 unspecified atom stereocenters. The Morgan fingerprint density at radius 1 is 1.26 bits per heavy atom. The zero-order valence-electron chi connectivity index (χ0n) is 15.1. The molecule has 7 nitrogen and oxygen atoms in total. The summed E-state index contributed by atoms with van der Waals surface area (Å²) in [6.07, 6.45) is 1.44. The van der Waals surface area contributed by atoms with Gasteiger partial charge < -0.3 is 14.4 Å². The maximum atomic E-state index is 14.2. The van der Waals surface area contributed by atoms with E-state index in [-0.39, 0.29) is 50.4 Å². The smallest absolute Gasteiger partial charge is 0.338 e. The molecule has 3 rings (SSSR count). The van der Waals surface area contributed by atoms with E-state index in [1.165, 1.54) is 10.4 Å². The van der Waals surface area contributed by atoms with Crippen LogP contribution in [0.3, 0.4) is 0 Å². The highest BCUT2D eigenvalue weighted by Gasteiger charge is 2.30. The minimum Gasteiger partial charge on any atom is -0.457 e. The van der Waals surface area contributed by atoms with Crippen LogP contribution in [0, 0.1) is 5.82 Å². The molecule has 0 spiro atoms. The molecule has 0 saturated carbocycles. The molecule has 0 aliphatic carbocycles. The molecule has 152 valence electrons. The van der Waals surface area contributed by atoms with Crippen LogP contribution in [0.25, 0.3) is 0 Å². The lowest BCUT2D eigenvalue weighted by Gasteiger charge is -2.29. The minimum atomic E-state index is -4.03. The second-order valence-corrected chi connectivity index (χ2v) is 8.50. The molecule has 27 heavy (non-hydrogen) atoms. The predicted octanol–water partition coefficient (Wildman–Crippen LogP) is 1.52. The van der Waals surface area contributed by atoms with Gasteiger partial charge in [-0.3, -0.25) is 0 Å². The van der Waals surface area contributed by atoms with Crippen LogP contribution in [0.5, 0.6) is 0 Å². The van der Waals surface area contributed by atoms with Crippen LogP contribution >= 0.6 is 12.4 Å². The van der Waals surface area contributed by atoms with Gasteiger partial charge in [0, 0.05) is 19.6 Å². The number of carbonyl (C=O) groups is 1. The van der Waals surface area contributed by atoms with Crippen molar-refractivity contribution in [2.24, 2.45) is 0 Å². The fourth-order valence-corrected chi connectivity index (χ4v) is 4.69. The Hall–Kier alpha value is -1.26. The molecule has 2 fully saturated rings. The van der Waals surface area contributed by atoms with Gasteiger partial charge in [-0.2, -0.15) is 4.31 Å². The van der Waals surface area contributed by atoms with Crippen LogP contribution < -0.4 is 0 Å². The fourth-order valence-electron chi connectivity index (χ4n) is 3.19. The van der Waals surface area contributed by atoms with Gasteiger partial charge in [0.2, 0.25) is 10.0 Å². The third-order valence-electron chi connectivity index (χ3n) is 4.61. The number of ether oxygens (including phenoxy) is 2. The van der Waals surface area contributed by atoms with Gasteiger partial charge in [0.05, 0.1) is 18.8 Å². The largest absolute Gasteiger partial charge is 0.457 e. The van der Waals surface area contributed by atoms with E-state index in [9.17, 15) is 17.6 Å². The molecule has 0 radical (unpaired) electrons. The maximum Gasteiger partial charge on any atom is 0.338 e. The van der Waals surface area contributed by atoms with E-state index in [2.05, 4.69) is 4.90 Å². The first-order valence-electron chi connectivity index (χ1n) is 8.65. The molecule has 0 N–H and O–H groups in total. The van der Waals surface area contributed by atoms with Gasteiger partial charge in [0.15, 0.2) is 0 Å². The van der Waals surface area contributed by atoms with Crippen molar-refractivity contribution in [2.45, 2.75) is 23.8 Å². The number of likely N-dealkylation sites (N-methyl/N-ethyl adjacent to an activating group) is 1. The number of carbonyl (C=O) groups excluding carboxylic acids is 1. The van der Waals surface area contributed by atoms with E-state index in [0.717, 1.165) is 31.5 Å². The predicted molar refractivity (Wildman–Crippen MR) is 99.2 cm³/mol. The van der Waals surface area contributed by atoms with Crippen LogP contribution in [0.15, 0.2) is 23.1 Å². The van der Waals surface area contributed by atoms with Crippen molar-refractivity contribution < 1.29 is 27.1 Å². The summed E-state index contributed by atoms with van der Waals surface area (Å²) in [5.41, 5.74) is 0.0338. The van der Waals surface area contributed by atoms with Crippen molar-refractivity contribution in [3.8, 4) is 0 Å². The molecule has 10 heteroatoms. The van der Waals surface area contributed by atoms with Crippen molar-refractivity contribution >= 4 is 28.4 Å². The monoisotopic (exact) mass is 422 g/mol. The first-order chi connectivity index (χ1) is 12.4. The van der Waals surface area contributed by atoms with Gasteiger partial charge in [-0.15, -0.1) is 12.4 Å². The lowest BCUT2D eigenvalue weighted by atomic mass is 10.1. The average Bonchev–Trinajstić information content (AvgIpc) is 2.62. The standard InChI is InChI=1S/C17H23FN2O5S.ClH/c1-19-6-2-3-14(12-19)25-17(21)13-4-5-15(18)16(11-13)26(22,23)20-7-9-24-10-8-20;/h4-5,11,14H,2-3,6-10,12H2,1H3;1H. The summed E-state index contributed by atoms with van der Waals surface area (Å²) in [5, 5.41) is 0. The number of halogens is 2. The molecule has 2 aliphatic rings. The molecule has 2 aliphatic heterocycles. The SMILES string of the molecule is CN1CCCC(OC(=O)c2ccc(F)c(S(=O)(=O)N3CCOCC3)c2)C1.Cl. The fraction of sp³-hybridized carbons (Fsp3) is 0.588. The van der Waals surface area contributed by atoms with Gasteiger partial charge in [-0.1, -0.05) is 0 Å². The van der Waals surface area contributed by atoms with Crippen LogP contribution in [0.4, 0.5) is 4.39 Å². The zero-order valence-corrected chi connectivity index (χ0v) is 16.7. The number of piperidine rings is 1. The molecule has 1 aromatic carbocycles. The highest BCUT2D eigenvalue weighted by molar-refractivity contribution is 7.89. The number of morpholine rings is 1. The van der Waals surface area contributed by atoms with Crippen LogP contribution in [-0.2, 0) is 19.5 Å². The van der Waals surface area contributed by atoms with E-state index in [4.69, 9.17) is 9.47 Å². The minimum absolute atomic E-state index is 0. The number of hydrogen-bond donors (Lipinski definition) is 0. The Balaban J connectivity index is 0.00000261. The van der Waals surface area contributed by atoms with Crippen LogP contribution in [0.1, 0.15) is 23.2 Å². The van der Waals surface area contributed by atoms with E-state index in [0.29, 0.717) is 6.54 Å². The maximum absolute atomic E-state index is 14.2. The summed E-state index contributed by atoms with van der Waals surface area (Å²) in [5.74, 6) is -1.52. The molecule has 2 heterocycles. The number of hydrogen-bond acceptors (Lipinski definition) is 6. The first kappa shape index (κ1) is 22.0. The second-order valence-electron chi connectivity index (χ2n) is 6.59. The van der Waals surface area contributed by atoms with Crippen molar-refractivity contribution in [3.63, 3.8) is 0 Å². The topological polar surface area (TPSA) is 76.2 Å². The van der Waals surface area contributed by atoms with Gasteiger partial charge >= 0.3 is 5.97 Å². The van der Waals surface area contributed by atoms with Crippen molar-refractivity contribution in [2.75, 3.05) is 46.4 Å². The third-order valence-corrected chi connectivity index (χ3v) is 6.52. The van der Waals surface area contributed by atoms with E-state index >= 15 is 0 Å². The summed E-state index contributed by atoms with van der Waals surface area (Å²) >= 11 is 0. The number of esters is 1. The molecule has 0 amide bonds. The Bertz CT molecular complexity index is 771. The van der Waals surface area contributed by atoms with Crippen molar-refractivity contribution in [1.29, 1.82) is 0 Å². The van der Waals surface area contributed by atoms with Gasteiger partial charge in [0.1, 0.15) is 16.8 Å². The Labute approximate surface area is 164 Å². The molecule has 0 aromatic heterocycles. The Kier molecular flexibility index (Phi) is 7.58. The molecule has 1 atom stereocenters.